The number of hydrogen-bond acceptors (Lipinski definition) is 3. The first-order valence-electron chi connectivity index (χ1n) is 6.39. The van der Waals surface area contributed by atoms with E-state index in [0.717, 1.165) is 26.1 Å². The van der Waals surface area contributed by atoms with Gasteiger partial charge in [-0.3, -0.25) is 4.90 Å². The Labute approximate surface area is 118 Å². The Morgan fingerprint density at radius 3 is 3.00 bits per heavy atom. The average Bonchev–Trinajstić information content (AvgIpc) is 2.79. The number of likely N-dealkylation sites (tertiary alicyclic amines) is 1. The molecule has 1 atom stereocenters. The van der Waals surface area contributed by atoms with Crippen molar-refractivity contribution in [3.63, 3.8) is 0 Å². The van der Waals surface area contributed by atoms with Crippen LogP contribution in [-0.2, 0) is 11.3 Å². The highest BCUT2D eigenvalue weighted by Gasteiger charge is 2.23. The van der Waals surface area contributed by atoms with Crippen LogP contribution in [0.4, 0.5) is 4.39 Å². The SMILES string of the molecule is COCC1CCN(Cc2ccc(C(N)=S)cc2F)C1. The molecule has 2 N–H and O–H groups in total. The second-order valence-corrected chi connectivity index (χ2v) is 5.46. The molecule has 0 saturated carbocycles. The Bertz CT molecular complexity index is 467. The van der Waals surface area contributed by atoms with Crippen LogP contribution in [0.15, 0.2) is 18.2 Å². The maximum absolute atomic E-state index is 13.9. The van der Waals surface area contributed by atoms with Gasteiger partial charge in [-0.15, -0.1) is 0 Å². The maximum atomic E-state index is 13.9. The molecule has 2 rings (SSSR count). The molecule has 0 radical (unpaired) electrons. The van der Waals surface area contributed by atoms with Gasteiger partial charge in [0.1, 0.15) is 10.8 Å². The van der Waals surface area contributed by atoms with Crippen LogP contribution in [0, 0.1) is 11.7 Å². The highest BCUT2D eigenvalue weighted by Crippen LogP contribution is 2.20. The van der Waals surface area contributed by atoms with Gasteiger partial charge in [-0.05, 0) is 24.9 Å². The van der Waals surface area contributed by atoms with Crippen LogP contribution >= 0.6 is 12.2 Å². The van der Waals surface area contributed by atoms with Gasteiger partial charge >= 0.3 is 0 Å². The van der Waals surface area contributed by atoms with Crippen molar-refractivity contribution in [1.82, 2.24) is 4.90 Å². The van der Waals surface area contributed by atoms with Crippen LogP contribution in [0.1, 0.15) is 17.5 Å². The number of nitrogens with two attached hydrogens (primary N) is 1. The van der Waals surface area contributed by atoms with E-state index in [1.165, 1.54) is 6.07 Å². The molecule has 104 valence electrons. The van der Waals surface area contributed by atoms with Crippen molar-refractivity contribution in [3.05, 3.63) is 35.1 Å². The van der Waals surface area contributed by atoms with Crippen LogP contribution in [0.2, 0.25) is 0 Å². The van der Waals surface area contributed by atoms with E-state index >= 15 is 0 Å². The number of ether oxygens (including phenoxy) is 1. The Morgan fingerprint density at radius 1 is 1.58 bits per heavy atom. The molecule has 1 aliphatic rings. The summed E-state index contributed by atoms with van der Waals surface area (Å²) >= 11 is 4.84. The standard InChI is InChI=1S/C14H19FN2OS/c1-18-9-10-4-5-17(7-10)8-12-3-2-11(14(16)19)6-13(12)15/h2-3,6,10H,4-5,7-9H2,1H3,(H2,16,19). The molecule has 0 amide bonds. The first kappa shape index (κ1) is 14.4. The van der Waals surface area contributed by atoms with Gasteiger partial charge in [0.2, 0.25) is 0 Å². The van der Waals surface area contributed by atoms with E-state index in [-0.39, 0.29) is 10.8 Å². The van der Waals surface area contributed by atoms with E-state index in [0.29, 0.717) is 23.6 Å². The van der Waals surface area contributed by atoms with E-state index in [9.17, 15) is 4.39 Å². The number of hydrogen-bond donors (Lipinski definition) is 1. The van der Waals surface area contributed by atoms with Crippen molar-refractivity contribution in [2.24, 2.45) is 11.7 Å². The fourth-order valence-electron chi connectivity index (χ4n) is 2.50. The lowest BCUT2D eigenvalue weighted by Gasteiger charge is -2.16. The Balaban J connectivity index is 1.98. The lowest BCUT2D eigenvalue weighted by molar-refractivity contribution is 0.152. The molecule has 1 aliphatic heterocycles. The van der Waals surface area contributed by atoms with Gasteiger partial charge in [0, 0.05) is 31.3 Å². The first-order chi connectivity index (χ1) is 9.10. The normalized spacial score (nSPS) is 19.8. The minimum Gasteiger partial charge on any atom is -0.389 e. The zero-order valence-corrected chi connectivity index (χ0v) is 11.9. The summed E-state index contributed by atoms with van der Waals surface area (Å²) in [6.45, 7) is 3.36. The number of nitrogens with zero attached hydrogens (tertiary/aromatic N) is 1. The summed E-state index contributed by atoms with van der Waals surface area (Å²) < 4.78 is 19.1. The summed E-state index contributed by atoms with van der Waals surface area (Å²) in [4.78, 5) is 2.48. The van der Waals surface area contributed by atoms with Gasteiger partial charge in [0.05, 0.1) is 6.61 Å². The van der Waals surface area contributed by atoms with Gasteiger partial charge in [-0.1, -0.05) is 24.4 Å². The summed E-state index contributed by atoms with van der Waals surface area (Å²) in [5.74, 6) is 0.324. The van der Waals surface area contributed by atoms with Gasteiger partial charge in [-0.2, -0.15) is 0 Å². The van der Waals surface area contributed by atoms with Gasteiger partial charge in [0.15, 0.2) is 0 Å². The summed E-state index contributed by atoms with van der Waals surface area (Å²) in [6, 6.07) is 4.97. The number of benzene rings is 1. The molecular formula is C14H19FN2OS. The Kier molecular flexibility index (Phi) is 4.85. The third-order valence-electron chi connectivity index (χ3n) is 3.50. The lowest BCUT2D eigenvalue weighted by atomic mass is 10.1. The Morgan fingerprint density at radius 2 is 2.37 bits per heavy atom. The minimum absolute atomic E-state index is 0.229. The molecule has 19 heavy (non-hydrogen) atoms. The molecule has 1 unspecified atom stereocenters. The second kappa shape index (κ2) is 6.41. The van der Waals surface area contributed by atoms with E-state index in [1.807, 2.05) is 0 Å². The summed E-state index contributed by atoms with van der Waals surface area (Å²) in [6.07, 6.45) is 1.11. The van der Waals surface area contributed by atoms with E-state index in [4.69, 9.17) is 22.7 Å². The van der Waals surface area contributed by atoms with Crippen LogP contribution in [0.3, 0.4) is 0 Å². The summed E-state index contributed by atoms with van der Waals surface area (Å²) in [7, 11) is 1.72. The van der Waals surface area contributed by atoms with Crippen molar-refractivity contribution < 1.29 is 9.13 Å². The molecule has 0 aromatic heterocycles. The van der Waals surface area contributed by atoms with Crippen molar-refractivity contribution in [3.8, 4) is 0 Å². The first-order valence-corrected chi connectivity index (χ1v) is 6.80. The van der Waals surface area contributed by atoms with Crippen molar-refractivity contribution in [2.75, 3.05) is 26.8 Å². The predicted octanol–water partition coefficient (Wildman–Crippen LogP) is 1.93. The number of thiocarbonyl (C=S) groups is 1. The molecule has 5 heteroatoms. The van der Waals surface area contributed by atoms with Crippen molar-refractivity contribution in [2.45, 2.75) is 13.0 Å². The van der Waals surface area contributed by atoms with Crippen LogP contribution in [-0.4, -0.2) is 36.7 Å². The van der Waals surface area contributed by atoms with Crippen molar-refractivity contribution >= 4 is 17.2 Å². The molecular weight excluding hydrogens is 263 g/mol. The molecule has 1 aromatic rings. The summed E-state index contributed by atoms with van der Waals surface area (Å²) in [5.41, 5.74) is 6.76. The quantitative estimate of drug-likeness (QED) is 0.838. The molecule has 0 aliphatic carbocycles. The zero-order chi connectivity index (χ0) is 13.8. The third-order valence-corrected chi connectivity index (χ3v) is 3.74. The predicted molar refractivity (Wildman–Crippen MR) is 77.5 cm³/mol. The zero-order valence-electron chi connectivity index (χ0n) is 11.1. The number of halogens is 1. The van der Waals surface area contributed by atoms with Gasteiger partial charge < -0.3 is 10.5 Å². The van der Waals surface area contributed by atoms with Crippen LogP contribution < -0.4 is 5.73 Å². The fourth-order valence-corrected chi connectivity index (χ4v) is 2.62. The van der Waals surface area contributed by atoms with E-state index in [1.54, 1.807) is 19.2 Å². The van der Waals surface area contributed by atoms with E-state index < -0.39 is 0 Å². The topological polar surface area (TPSA) is 38.5 Å². The van der Waals surface area contributed by atoms with Crippen LogP contribution in [0.5, 0.6) is 0 Å². The van der Waals surface area contributed by atoms with Crippen molar-refractivity contribution in [1.29, 1.82) is 0 Å². The third kappa shape index (κ3) is 3.72. The smallest absolute Gasteiger partial charge is 0.128 e. The molecule has 0 bridgehead atoms. The maximum Gasteiger partial charge on any atom is 0.128 e. The average molecular weight is 282 g/mol. The molecule has 3 nitrogen and oxygen atoms in total. The molecule has 1 fully saturated rings. The molecule has 1 aromatic carbocycles. The second-order valence-electron chi connectivity index (χ2n) is 5.02. The fraction of sp³-hybridized carbons (Fsp3) is 0.500. The summed E-state index contributed by atoms with van der Waals surface area (Å²) in [5, 5.41) is 0. The van der Waals surface area contributed by atoms with Gasteiger partial charge in [-0.25, -0.2) is 4.39 Å². The highest BCUT2D eigenvalue weighted by molar-refractivity contribution is 7.80. The molecule has 1 saturated heterocycles. The largest absolute Gasteiger partial charge is 0.389 e. The van der Waals surface area contributed by atoms with Crippen LogP contribution in [0.25, 0.3) is 0 Å². The van der Waals surface area contributed by atoms with Gasteiger partial charge in [0.25, 0.3) is 0 Å². The highest BCUT2D eigenvalue weighted by atomic mass is 32.1. The number of rotatable bonds is 5. The Hall–Kier alpha value is -1.04. The molecule has 1 heterocycles. The monoisotopic (exact) mass is 282 g/mol. The van der Waals surface area contributed by atoms with E-state index in [2.05, 4.69) is 4.90 Å². The minimum atomic E-state index is -0.236. The molecule has 0 spiro atoms. The lowest BCUT2D eigenvalue weighted by Crippen LogP contribution is -2.22. The number of methoxy groups -OCH3 is 1.